The number of methoxy groups -OCH3 is 1. The molecule has 1 aromatic carbocycles. The number of primary sulfonamides is 1. The highest BCUT2D eigenvalue weighted by Gasteiger charge is 2.04. The number of nitrogens with two attached hydrogens (primary N) is 1. The van der Waals surface area contributed by atoms with Gasteiger partial charge in [0.1, 0.15) is 0 Å². The maximum atomic E-state index is 10.7. The van der Waals surface area contributed by atoms with E-state index in [1.807, 2.05) is 12.1 Å². The molecule has 1 rings (SSSR count). The molecular formula is C10H15NO4S. The second kappa shape index (κ2) is 5.72. The fraction of sp³-hybridized carbons (Fsp3) is 0.400. The van der Waals surface area contributed by atoms with Crippen LogP contribution in [0, 0.1) is 0 Å². The largest absolute Gasteiger partial charge is 0.493 e. The molecule has 0 saturated carbocycles. The first-order valence-electron chi connectivity index (χ1n) is 4.79. The molecule has 0 spiro atoms. The van der Waals surface area contributed by atoms with E-state index in [1.54, 1.807) is 19.2 Å². The molecule has 0 fully saturated rings. The Morgan fingerprint density at radius 2 is 1.88 bits per heavy atom. The number of rotatable bonds is 6. The number of sulfonamides is 1. The first-order chi connectivity index (χ1) is 7.53. The van der Waals surface area contributed by atoms with Crippen molar-refractivity contribution < 1.29 is 17.9 Å². The van der Waals surface area contributed by atoms with Crippen LogP contribution in [-0.2, 0) is 10.0 Å². The standard InChI is InChI=1S/C10H15NO4S/c1-14-9-5-2-3-6-10(9)15-7-4-8-16(11,12)13/h2-3,5-6H,4,7-8H2,1H3,(H2,11,12,13). The van der Waals surface area contributed by atoms with Crippen molar-refractivity contribution in [2.45, 2.75) is 6.42 Å². The second-order valence-corrected chi connectivity index (χ2v) is 4.95. The van der Waals surface area contributed by atoms with Gasteiger partial charge in [0.15, 0.2) is 11.5 Å². The van der Waals surface area contributed by atoms with Gasteiger partial charge in [-0.25, -0.2) is 13.6 Å². The number of hydrogen-bond donors (Lipinski definition) is 1. The van der Waals surface area contributed by atoms with Gasteiger partial charge in [-0.2, -0.15) is 0 Å². The summed E-state index contributed by atoms with van der Waals surface area (Å²) in [4.78, 5) is 0. The summed E-state index contributed by atoms with van der Waals surface area (Å²) in [5, 5.41) is 4.86. The van der Waals surface area contributed by atoms with Crippen molar-refractivity contribution in [1.82, 2.24) is 0 Å². The smallest absolute Gasteiger partial charge is 0.209 e. The Morgan fingerprint density at radius 1 is 1.25 bits per heavy atom. The van der Waals surface area contributed by atoms with Crippen LogP contribution in [0.5, 0.6) is 11.5 Å². The molecule has 0 unspecified atom stereocenters. The third-order valence-electron chi connectivity index (χ3n) is 1.90. The highest BCUT2D eigenvalue weighted by molar-refractivity contribution is 7.89. The Morgan fingerprint density at radius 3 is 2.44 bits per heavy atom. The molecule has 16 heavy (non-hydrogen) atoms. The number of ether oxygens (including phenoxy) is 2. The molecule has 0 aliphatic heterocycles. The lowest BCUT2D eigenvalue weighted by Crippen LogP contribution is -2.18. The Balaban J connectivity index is 2.43. The van der Waals surface area contributed by atoms with Gasteiger partial charge >= 0.3 is 0 Å². The monoisotopic (exact) mass is 245 g/mol. The fourth-order valence-corrected chi connectivity index (χ4v) is 1.70. The van der Waals surface area contributed by atoms with Crippen molar-refractivity contribution in [1.29, 1.82) is 0 Å². The number of para-hydroxylation sites is 2. The molecule has 1 aromatic rings. The molecule has 0 bridgehead atoms. The van der Waals surface area contributed by atoms with Crippen LogP contribution in [-0.4, -0.2) is 27.9 Å². The van der Waals surface area contributed by atoms with Crippen molar-refractivity contribution in [3.8, 4) is 11.5 Å². The average Bonchev–Trinajstić information content (AvgIpc) is 2.23. The number of benzene rings is 1. The quantitative estimate of drug-likeness (QED) is 0.750. The van der Waals surface area contributed by atoms with Gasteiger partial charge in [-0.05, 0) is 18.6 Å². The fourth-order valence-electron chi connectivity index (χ4n) is 1.18. The zero-order valence-corrected chi connectivity index (χ0v) is 9.87. The molecule has 90 valence electrons. The van der Waals surface area contributed by atoms with Crippen molar-refractivity contribution in [2.24, 2.45) is 5.14 Å². The summed E-state index contributed by atoms with van der Waals surface area (Å²) in [6.45, 7) is 0.288. The van der Waals surface area contributed by atoms with Crippen molar-refractivity contribution in [3.05, 3.63) is 24.3 Å². The summed E-state index contributed by atoms with van der Waals surface area (Å²) in [5.74, 6) is 1.14. The lowest BCUT2D eigenvalue weighted by atomic mass is 10.3. The third kappa shape index (κ3) is 4.50. The van der Waals surface area contributed by atoms with Crippen LogP contribution in [0.1, 0.15) is 6.42 Å². The van der Waals surface area contributed by atoms with Crippen molar-refractivity contribution in [2.75, 3.05) is 19.5 Å². The summed E-state index contributed by atoms with van der Waals surface area (Å²) < 4.78 is 31.8. The topological polar surface area (TPSA) is 78.6 Å². The minimum atomic E-state index is -3.41. The zero-order valence-electron chi connectivity index (χ0n) is 9.05. The molecule has 0 atom stereocenters. The minimum Gasteiger partial charge on any atom is -0.493 e. The van der Waals surface area contributed by atoms with E-state index in [2.05, 4.69) is 0 Å². The molecule has 2 N–H and O–H groups in total. The van der Waals surface area contributed by atoms with E-state index in [9.17, 15) is 8.42 Å². The van der Waals surface area contributed by atoms with Gasteiger partial charge in [-0.3, -0.25) is 0 Å². The highest BCUT2D eigenvalue weighted by Crippen LogP contribution is 2.25. The van der Waals surface area contributed by atoms with Gasteiger partial charge in [0.25, 0.3) is 0 Å². The predicted molar refractivity (Wildman–Crippen MR) is 61.1 cm³/mol. The van der Waals surface area contributed by atoms with E-state index in [-0.39, 0.29) is 12.4 Å². The minimum absolute atomic E-state index is 0.0812. The van der Waals surface area contributed by atoms with Crippen LogP contribution in [0.25, 0.3) is 0 Å². The lowest BCUT2D eigenvalue weighted by molar-refractivity contribution is 0.294. The Kier molecular flexibility index (Phi) is 4.57. The first-order valence-corrected chi connectivity index (χ1v) is 6.51. The van der Waals surface area contributed by atoms with Crippen LogP contribution in [0.3, 0.4) is 0 Å². The Bertz CT molecular complexity index is 430. The molecule has 0 amide bonds. The SMILES string of the molecule is COc1ccccc1OCCCS(N)(=O)=O. The summed E-state index contributed by atoms with van der Waals surface area (Å²) >= 11 is 0. The Hall–Kier alpha value is -1.27. The molecule has 0 saturated heterocycles. The molecule has 5 nitrogen and oxygen atoms in total. The lowest BCUT2D eigenvalue weighted by Gasteiger charge is -2.09. The van der Waals surface area contributed by atoms with E-state index in [4.69, 9.17) is 14.6 Å². The predicted octanol–water partition coefficient (Wildman–Crippen LogP) is 0.753. The summed E-state index contributed by atoms with van der Waals surface area (Å²) in [5.41, 5.74) is 0. The molecule has 6 heteroatoms. The van der Waals surface area contributed by atoms with Gasteiger partial charge in [0.05, 0.1) is 19.5 Å². The van der Waals surface area contributed by atoms with E-state index in [0.717, 1.165) is 0 Å². The van der Waals surface area contributed by atoms with Crippen LogP contribution in [0.15, 0.2) is 24.3 Å². The van der Waals surface area contributed by atoms with Crippen LogP contribution in [0.4, 0.5) is 0 Å². The van der Waals surface area contributed by atoms with Gasteiger partial charge in [-0.1, -0.05) is 12.1 Å². The summed E-state index contributed by atoms with van der Waals surface area (Å²) in [7, 11) is -1.86. The van der Waals surface area contributed by atoms with Crippen molar-refractivity contribution in [3.63, 3.8) is 0 Å². The molecule has 0 aliphatic carbocycles. The summed E-state index contributed by atoms with van der Waals surface area (Å²) in [6.07, 6.45) is 0.358. The molecular weight excluding hydrogens is 230 g/mol. The molecule has 0 aliphatic rings. The van der Waals surface area contributed by atoms with Gasteiger partial charge in [0, 0.05) is 0 Å². The van der Waals surface area contributed by atoms with Crippen LogP contribution < -0.4 is 14.6 Å². The van der Waals surface area contributed by atoms with Crippen LogP contribution in [0.2, 0.25) is 0 Å². The van der Waals surface area contributed by atoms with Gasteiger partial charge in [-0.15, -0.1) is 0 Å². The van der Waals surface area contributed by atoms with E-state index >= 15 is 0 Å². The summed E-state index contributed by atoms with van der Waals surface area (Å²) in [6, 6.07) is 7.18. The van der Waals surface area contributed by atoms with E-state index < -0.39 is 10.0 Å². The molecule has 0 heterocycles. The third-order valence-corrected chi connectivity index (χ3v) is 2.76. The Labute approximate surface area is 95.2 Å². The molecule has 0 aromatic heterocycles. The average molecular weight is 245 g/mol. The van der Waals surface area contributed by atoms with Crippen molar-refractivity contribution >= 4 is 10.0 Å². The maximum Gasteiger partial charge on any atom is 0.209 e. The first kappa shape index (κ1) is 12.8. The normalized spacial score (nSPS) is 11.1. The van der Waals surface area contributed by atoms with Gasteiger partial charge < -0.3 is 9.47 Å². The zero-order chi connectivity index (χ0) is 12.0. The van der Waals surface area contributed by atoms with E-state index in [1.165, 1.54) is 0 Å². The second-order valence-electron chi connectivity index (χ2n) is 3.22. The van der Waals surface area contributed by atoms with Gasteiger partial charge in [0.2, 0.25) is 10.0 Å². The highest BCUT2D eigenvalue weighted by atomic mass is 32.2. The number of hydrogen-bond acceptors (Lipinski definition) is 4. The molecule has 0 radical (unpaired) electrons. The van der Waals surface area contributed by atoms with Crippen LogP contribution >= 0.6 is 0 Å². The maximum absolute atomic E-state index is 10.7. The van der Waals surface area contributed by atoms with E-state index in [0.29, 0.717) is 17.9 Å².